The number of anilines is 5. The van der Waals surface area contributed by atoms with Crippen molar-refractivity contribution in [1.29, 1.82) is 0 Å². The fraction of sp³-hybridized carbons (Fsp3) is 0.451. The fourth-order valence-corrected chi connectivity index (χ4v) is 14.5. The van der Waals surface area contributed by atoms with Crippen LogP contribution in [0.4, 0.5) is 28.8 Å². The van der Waals surface area contributed by atoms with Gasteiger partial charge in [-0.2, -0.15) is 4.98 Å². The van der Waals surface area contributed by atoms with E-state index >= 15 is 0 Å². The first-order chi connectivity index (χ1) is 33.5. The predicted molar refractivity (Wildman–Crippen MR) is 275 cm³/mol. The highest BCUT2D eigenvalue weighted by Crippen LogP contribution is 2.54. The van der Waals surface area contributed by atoms with Crippen LogP contribution in [0.5, 0.6) is 5.75 Å². The van der Waals surface area contributed by atoms with Crippen LogP contribution in [0.15, 0.2) is 74.5 Å². The van der Waals surface area contributed by atoms with Crippen molar-refractivity contribution in [2.75, 3.05) is 80.3 Å². The standard InChI is InChI=1S/C51H60BrN10O6P/c1-4-34-11-12-36-38(54-34)13-14-39(47(36)69(66)27-6-7-28-69)55-48-37(52)31-53-50(58-48)56-40-29-32(3)43(30-44(40)67-5-2)61-21-18-35(19-22-61)60-25-23-59(24-26-60)20-17-33-9-8-10-41-46(33)68-51(65)62(41)42-15-16-45(63)57-49(42)64/h8-14,29-31,35,42H,4-7,15-28H2,1-3H3,(H,57,63,64)(H2,53,55,56,58). The SMILES string of the molecule is CCOc1cc(N2CCC(N3CCN(CCc4cccc5c4oc(=O)n5C4CCC(=O)NC4=O)CC3)CC2)c(C)cc1Nc1ncc(Br)c(Nc2ccc3nc(CC)ccc3c2P2(=O)CCCC2)n1. The molecule has 0 spiro atoms. The number of carbonyl (C=O) groups is 2. The third kappa shape index (κ3) is 9.67. The number of nitrogens with zero attached hydrogens (tertiary/aromatic N) is 7. The topological polar surface area (TPSA) is 180 Å². The number of amides is 2. The number of imide groups is 1. The van der Waals surface area contributed by atoms with Crippen molar-refractivity contribution in [1.82, 2.24) is 34.6 Å². The fourth-order valence-electron chi connectivity index (χ4n) is 10.8. The van der Waals surface area contributed by atoms with E-state index in [0.717, 1.165) is 140 Å². The third-order valence-corrected chi connectivity index (χ3v) is 18.4. The Morgan fingerprint density at radius 2 is 1.71 bits per heavy atom. The first kappa shape index (κ1) is 47.1. The maximum atomic E-state index is 14.5. The number of fused-ring (bicyclic) bond motifs is 2. The van der Waals surface area contributed by atoms with E-state index in [1.54, 1.807) is 6.20 Å². The highest BCUT2D eigenvalue weighted by Gasteiger charge is 2.35. The highest BCUT2D eigenvalue weighted by molar-refractivity contribution is 9.10. The van der Waals surface area contributed by atoms with Crippen LogP contribution in [-0.4, -0.2) is 112 Å². The third-order valence-electron chi connectivity index (χ3n) is 14.5. The summed E-state index contributed by atoms with van der Waals surface area (Å²) in [4.78, 5) is 59.4. The molecule has 0 saturated carbocycles. The average Bonchev–Trinajstić information content (AvgIpc) is 3.95. The Labute approximate surface area is 410 Å². The summed E-state index contributed by atoms with van der Waals surface area (Å²) < 4.78 is 28.6. The molecule has 1 atom stereocenters. The summed E-state index contributed by atoms with van der Waals surface area (Å²) in [5.74, 6) is 0.354. The van der Waals surface area contributed by atoms with Crippen molar-refractivity contribution in [2.24, 2.45) is 0 Å². The van der Waals surface area contributed by atoms with Gasteiger partial charge in [0, 0.05) is 105 Å². The molecule has 69 heavy (non-hydrogen) atoms. The zero-order valence-corrected chi connectivity index (χ0v) is 42.0. The Balaban J connectivity index is 0.766. The number of rotatable bonds is 14. The number of oxazole rings is 1. The number of piperidine rings is 2. The average molecular weight is 1020 g/mol. The van der Waals surface area contributed by atoms with Gasteiger partial charge in [-0.3, -0.25) is 29.4 Å². The molecule has 4 aliphatic rings. The van der Waals surface area contributed by atoms with Gasteiger partial charge in [0.1, 0.15) is 24.8 Å². The zero-order valence-electron chi connectivity index (χ0n) is 39.6. The van der Waals surface area contributed by atoms with Gasteiger partial charge in [0.25, 0.3) is 0 Å². The molecular weight excluding hydrogens is 960 g/mol. The van der Waals surface area contributed by atoms with Gasteiger partial charge in [-0.1, -0.05) is 25.1 Å². The smallest absolute Gasteiger partial charge is 0.420 e. The summed E-state index contributed by atoms with van der Waals surface area (Å²) >= 11 is 3.68. The first-order valence-corrected chi connectivity index (χ1v) is 27.4. The molecule has 7 heterocycles. The second-order valence-electron chi connectivity index (χ2n) is 18.8. The number of hydrogen-bond acceptors (Lipinski definition) is 14. The van der Waals surface area contributed by atoms with Gasteiger partial charge in [0.05, 0.1) is 33.5 Å². The number of benzene rings is 3. The van der Waals surface area contributed by atoms with E-state index in [-0.39, 0.29) is 18.7 Å². The lowest BCUT2D eigenvalue weighted by molar-refractivity contribution is -0.135. The lowest BCUT2D eigenvalue weighted by atomic mass is 10.00. The predicted octanol–water partition coefficient (Wildman–Crippen LogP) is 8.04. The maximum Gasteiger partial charge on any atom is 0.420 e. The molecule has 6 aromatic rings. The Bertz CT molecular complexity index is 3020. The Kier molecular flexibility index (Phi) is 13.7. The molecule has 3 N–H and O–H groups in total. The Morgan fingerprint density at radius 1 is 0.913 bits per heavy atom. The van der Waals surface area contributed by atoms with Crippen LogP contribution < -0.4 is 36.6 Å². The Morgan fingerprint density at radius 3 is 2.46 bits per heavy atom. The highest BCUT2D eigenvalue weighted by atomic mass is 79.9. The normalized spacial score (nSPS) is 19.4. The number of ether oxygens (including phenoxy) is 1. The summed E-state index contributed by atoms with van der Waals surface area (Å²) in [6.45, 7) is 13.4. The van der Waals surface area contributed by atoms with Gasteiger partial charge < -0.3 is 34.2 Å². The number of para-hydroxylation sites is 1. The molecule has 0 aliphatic carbocycles. The van der Waals surface area contributed by atoms with Crippen LogP contribution in [0, 0.1) is 6.92 Å². The van der Waals surface area contributed by atoms with Gasteiger partial charge in [0.15, 0.2) is 5.58 Å². The molecule has 4 fully saturated rings. The largest absolute Gasteiger partial charge is 0.492 e. The van der Waals surface area contributed by atoms with Crippen LogP contribution >= 0.6 is 23.1 Å². The maximum absolute atomic E-state index is 14.5. The molecule has 4 saturated heterocycles. The number of nitrogens with one attached hydrogen (secondary N) is 3. The molecule has 3 aromatic heterocycles. The first-order valence-electron chi connectivity index (χ1n) is 24.5. The molecule has 0 radical (unpaired) electrons. The van der Waals surface area contributed by atoms with Crippen molar-refractivity contribution in [3.63, 3.8) is 0 Å². The van der Waals surface area contributed by atoms with Crippen LogP contribution in [0.25, 0.3) is 22.0 Å². The van der Waals surface area contributed by atoms with E-state index in [4.69, 9.17) is 19.1 Å². The number of hydrogen-bond donors (Lipinski definition) is 3. The van der Waals surface area contributed by atoms with Gasteiger partial charge in [-0.25, -0.2) is 9.78 Å². The van der Waals surface area contributed by atoms with Crippen molar-refractivity contribution < 1.29 is 23.3 Å². The quantitative estimate of drug-likeness (QED) is 0.0705. The monoisotopic (exact) mass is 1020 g/mol. The van der Waals surface area contributed by atoms with E-state index in [0.29, 0.717) is 52.3 Å². The van der Waals surface area contributed by atoms with Gasteiger partial charge >= 0.3 is 5.76 Å². The van der Waals surface area contributed by atoms with Crippen molar-refractivity contribution in [3.05, 3.63) is 92.6 Å². The molecule has 4 aliphatic heterocycles. The summed E-state index contributed by atoms with van der Waals surface area (Å²) in [5.41, 5.74) is 7.79. The van der Waals surface area contributed by atoms with Crippen LogP contribution in [-0.2, 0) is 27.0 Å². The number of halogens is 1. The zero-order chi connectivity index (χ0) is 47.8. The van der Waals surface area contributed by atoms with Gasteiger partial charge in [-0.15, -0.1) is 0 Å². The second-order valence-corrected chi connectivity index (χ2v) is 22.7. The number of aryl methyl sites for hydroxylation is 2. The molecule has 3 aromatic carbocycles. The summed E-state index contributed by atoms with van der Waals surface area (Å²) in [7, 11) is -2.65. The van der Waals surface area contributed by atoms with Crippen LogP contribution in [0.1, 0.15) is 75.2 Å². The Hall–Kier alpha value is -5.61. The van der Waals surface area contributed by atoms with Gasteiger partial charge in [-0.05, 0) is 116 Å². The van der Waals surface area contributed by atoms with Crippen molar-refractivity contribution in [2.45, 2.75) is 84.2 Å². The minimum atomic E-state index is -2.65. The van der Waals surface area contributed by atoms with Crippen molar-refractivity contribution >= 4 is 91.0 Å². The molecule has 362 valence electrons. The van der Waals surface area contributed by atoms with Crippen LogP contribution in [0.2, 0.25) is 0 Å². The minimum absolute atomic E-state index is 0.189. The summed E-state index contributed by atoms with van der Waals surface area (Å²) in [5, 5.41) is 11.2. The number of pyridine rings is 1. The van der Waals surface area contributed by atoms with Crippen LogP contribution in [0.3, 0.4) is 0 Å². The summed E-state index contributed by atoms with van der Waals surface area (Å²) in [6.07, 6.45) is 9.20. The van der Waals surface area contributed by atoms with E-state index in [2.05, 4.69) is 83.6 Å². The molecule has 2 amide bonds. The van der Waals surface area contributed by atoms with E-state index in [1.807, 2.05) is 43.3 Å². The minimum Gasteiger partial charge on any atom is -0.492 e. The number of carbonyl (C=O) groups excluding carboxylic acids is 2. The second kappa shape index (κ2) is 20.0. The number of piperazine rings is 1. The lowest BCUT2D eigenvalue weighted by Crippen LogP contribution is -2.53. The molecule has 1 unspecified atom stereocenters. The van der Waals surface area contributed by atoms with E-state index in [9.17, 15) is 18.9 Å². The lowest BCUT2D eigenvalue weighted by Gasteiger charge is -2.43. The van der Waals surface area contributed by atoms with E-state index in [1.165, 1.54) is 4.57 Å². The molecule has 16 nitrogen and oxygen atoms in total. The van der Waals surface area contributed by atoms with E-state index < -0.39 is 24.8 Å². The molecule has 10 rings (SSSR count). The molecule has 18 heteroatoms. The summed E-state index contributed by atoms with van der Waals surface area (Å²) in [6, 6.07) is 17.8. The molecular formula is C51H60BrN10O6P. The number of aromatic nitrogens is 4. The van der Waals surface area contributed by atoms with Gasteiger partial charge in [0.2, 0.25) is 17.8 Å². The van der Waals surface area contributed by atoms with Crippen molar-refractivity contribution in [3.8, 4) is 5.75 Å². The molecule has 0 bridgehead atoms.